The van der Waals surface area contributed by atoms with Crippen molar-refractivity contribution in [1.82, 2.24) is 15.0 Å². The lowest BCUT2D eigenvalue weighted by molar-refractivity contribution is -0.131. The number of aryl methyl sites for hydroxylation is 1. The molecule has 0 radical (unpaired) electrons. The number of rotatable bonds is 4. The van der Waals surface area contributed by atoms with Crippen LogP contribution < -0.4 is 0 Å². The maximum atomic E-state index is 12.7. The molecule has 0 N–H and O–H groups in total. The van der Waals surface area contributed by atoms with Gasteiger partial charge in [-0.05, 0) is 31.2 Å². The first-order chi connectivity index (χ1) is 11.7. The van der Waals surface area contributed by atoms with Crippen molar-refractivity contribution in [2.75, 3.05) is 6.54 Å². The Morgan fingerprint density at radius 1 is 1.46 bits per heavy atom. The quantitative estimate of drug-likeness (QED) is 0.704. The van der Waals surface area contributed by atoms with Gasteiger partial charge in [0.25, 0.3) is 0 Å². The molecule has 1 fully saturated rings. The van der Waals surface area contributed by atoms with Crippen LogP contribution in [0.2, 0.25) is 0 Å². The number of hydrogen-bond acceptors (Lipinski definition) is 6. The minimum atomic E-state index is 0.00843. The Hall–Kier alpha value is -1.99. The topological polar surface area (TPSA) is 59.2 Å². The normalized spacial score (nSPS) is 17.5. The van der Waals surface area contributed by atoms with E-state index in [9.17, 15) is 4.79 Å². The van der Waals surface area contributed by atoms with Gasteiger partial charge in [0, 0.05) is 18.0 Å². The maximum absolute atomic E-state index is 12.7. The van der Waals surface area contributed by atoms with E-state index < -0.39 is 0 Å². The predicted octanol–water partition coefficient (Wildman–Crippen LogP) is 4.07. The first-order valence-corrected chi connectivity index (χ1v) is 9.67. The molecule has 3 aromatic heterocycles. The van der Waals surface area contributed by atoms with Crippen LogP contribution in [0.1, 0.15) is 36.0 Å². The molecule has 0 aromatic carbocycles. The molecule has 0 saturated carbocycles. The highest BCUT2D eigenvalue weighted by atomic mass is 32.1. The minimum Gasteiger partial charge on any atom is -0.359 e. The molecule has 4 heterocycles. The van der Waals surface area contributed by atoms with Crippen LogP contribution in [0.25, 0.3) is 9.88 Å². The van der Waals surface area contributed by atoms with Crippen LogP contribution in [0.5, 0.6) is 0 Å². The maximum Gasteiger partial charge on any atom is 0.229 e. The molecule has 1 unspecified atom stereocenters. The summed E-state index contributed by atoms with van der Waals surface area (Å²) in [5.41, 5.74) is 1.69. The zero-order chi connectivity index (χ0) is 16.5. The average molecular weight is 359 g/mol. The molecular weight excluding hydrogens is 342 g/mol. The summed E-state index contributed by atoms with van der Waals surface area (Å²) in [6.45, 7) is 2.67. The summed E-state index contributed by atoms with van der Waals surface area (Å²) >= 11 is 3.26. The standard InChI is InChI=1S/C17H17N3O2S2/c1-11-8-14(22-19-11)13-4-2-6-20(13)16(21)9-12-10-24-17(18-12)15-5-3-7-23-15/h3,5,7-8,10,13H,2,4,6,9H2,1H3. The van der Waals surface area contributed by atoms with Crippen LogP contribution >= 0.6 is 22.7 Å². The third kappa shape index (κ3) is 3.01. The SMILES string of the molecule is Cc1cc(C2CCCN2C(=O)Cc2csc(-c3cccs3)n2)on1. The number of carbonyl (C=O) groups is 1. The van der Waals surface area contributed by atoms with Crippen molar-refractivity contribution < 1.29 is 9.32 Å². The summed E-state index contributed by atoms with van der Waals surface area (Å²) in [5, 5.41) is 8.95. The number of amides is 1. The van der Waals surface area contributed by atoms with Crippen LogP contribution in [0, 0.1) is 6.92 Å². The molecule has 4 rings (SSSR count). The van der Waals surface area contributed by atoms with E-state index in [2.05, 4.69) is 16.2 Å². The van der Waals surface area contributed by atoms with Gasteiger partial charge in [0.1, 0.15) is 5.01 Å². The second-order valence-electron chi connectivity index (χ2n) is 5.91. The van der Waals surface area contributed by atoms with E-state index in [1.54, 1.807) is 22.7 Å². The van der Waals surface area contributed by atoms with Gasteiger partial charge < -0.3 is 9.42 Å². The lowest BCUT2D eigenvalue weighted by atomic mass is 10.1. The van der Waals surface area contributed by atoms with E-state index in [0.717, 1.165) is 46.4 Å². The first kappa shape index (κ1) is 15.5. The number of thiazole rings is 1. The van der Waals surface area contributed by atoms with Crippen molar-refractivity contribution in [3.8, 4) is 9.88 Å². The molecule has 3 aromatic rings. The Bertz CT molecular complexity index is 838. The van der Waals surface area contributed by atoms with Gasteiger partial charge in [-0.1, -0.05) is 11.2 Å². The fourth-order valence-electron chi connectivity index (χ4n) is 3.06. The van der Waals surface area contributed by atoms with E-state index in [4.69, 9.17) is 4.52 Å². The summed E-state index contributed by atoms with van der Waals surface area (Å²) in [6.07, 6.45) is 2.26. The Labute approximate surface area is 147 Å². The van der Waals surface area contributed by atoms with Crippen LogP contribution in [0.4, 0.5) is 0 Å². The highest BCUT2D eigenvalue weighted by Crippen LogP contribution is 2.33. The zero-order valence-electron chi connectivity index (χ0n) is 13.3. The van der Waals surface area contributed by atoms with Crippen molar-refractivity contribution in [1.29, 1.82) is 0 Å². The minimum absolute atomic E-state index is 0.00843. The summed E-state index contributed by atoms with van der Waals surface area (Å²) in [5.74, 6) is 0.894. The van der Waals surface area contributed by atoms with E-state index in [1.807, 2.05) is 34.7 Å². The molecular formula is C17H17N3O2S2. The Balaban J connectivity index is 1.47. The fourth-order valence-corrected chi connectivity index (χ4v) is 4.69. The monoisotopic (exact) mass is 359 g/mol. The largest absolute Gasteiger partial charge is 0.359 e. The van der Waals surface area contributed by atoms with E-state index in [1.165, 1.54) is 0 Å². The van der Waals surface area contributed by atoms with Crippen LogP contribution in [0.3, 0.4) is 0 Å². The number of carbonyl (C=O) groups excluding carboxylic acids is 1. The van der Waals surface area contributed by atoms with Gasteiger partial charge in [-0.3, -0.25) is 4.79 Å². The van der Waals surface area contributed by atoms with Crippen molar-refractivity contribution in [3.05, 3.63) is 46.1 Å². The second kappa shape index (κ2) is 6.49. The molecule has 24 heavy (non-hydrogen) atoms. The molecule has 0 aliphatic carbocycles. The van der Waals surface area contributed by atoms with Crippen molar-refractivity contribution in [3.63, 3.8) is 0 Å². The van der Waals surface area contributed by atoms with Crippen LogP contribution in [-0.4, -0.2) is 27.5 Å². The molecule has 1 aliphatic rings. The lowest BCUT2D eigenvalue weighted by Gasteiger charge is -2.22. The molecule has 124 valence electrons. The number of likely N-dealkylation sites (tertiary alicyclic amines) is 1. The first-order valence-electron chi connectivity index (χ1n) is 7.91. The average Bonchev–Trinajstić information content (AvgIpc) is 3.34. The summed E-state index contributed by atoms with van der Waals surface area (Å²) in [4.78, 5) is 20.4. The van der Waals surface area contributed by atoms with Crippen molar-refractivity contribution >= 4 is 28.6 Å². The number of nitrogens with zero attached hydrogens (tertiary/aromatic N) is 3. The van der Waals surface area contributed by atoms with Gasteiger partial charge in [-0.25, -0.2) is 4.98 Å². The van der Waals surface area contributed by atoms with E-state index >= 15 is 0 Å². The predicted molar refractivity (Wildman–Crippen MR) is 94.1 cm³/mol. The highest BCUT2D eigenvalue weighted by molar-refractivity contribution is 7.20. The molecule has 1 amide bonds. The highest BCUT2D eigenvalue weighted by Gasteiger charge is 2.32. The Morgan fingerprint density at radius 3 is 3.12 bits per heavy atom. The van der Waals surface area contributed by atoms with Gasteiger partial charge in [-0.2, -0.15) is 0 Å². The van der Waals surface area contributed by atoms with Gasteiger partial charge in [0.2, 0.25) is 5.91 Å². The van der Waals surface area contributed by atoms with Crippen LogP contribution in [-0.2, 0) is 11.2 Å². The third-order valence-corrected chi connectivity index (χ3v) is 6.09. The number of thiophene rings is 1. The molecule has 1 saturated heterocycles. The molecule has 7 heteroatoms. The van der Waals surface area contributed by atoms with Gasteiger partial charge >= 0.3 is 0 Å². The summed E-state index contributed by atoms with van der Waals surface area (Å²) in [7, 11) is 0. The lowest BCUT2D eigenvalue weighted by Crippen LogP contribution is -2.31. The van der Waals surface area contributed by atoms with Gasteiger partial charge in [0.15, 0.2) is 5.76 Å². The molecule has 1 aliphatic heterocycles. The van der Waals surface area contributed by atoms with Gasteiger partial charge in [-0.15, -0.1) is 22.7 Å². The third-order valence-electron chi connectivity index (χ3n) is 4.16. The van der Waals surface area contributed by atoms with Crippen LogP contribution in [0.15, 0.2) is 33.5 Å². The molecule has 1 atom stereocenters. The fraction of sp³-hybridized carbons (Fsp3) is 0.353. The van der Waals surface area contributed by atoms with E-state index in [-0.39, 0.29) is 11.9 Å². The van der Waals surface area contributed by atoms with Gasteiger partial charge in [0.05, 0.1) is 28.7 Å². The van der Waals surface area contributed by atoms with Crippen molar-refractivity contribution in [2.45, 2.75) is 32.2 Å². The smallest absolute Gasteiger partial charge is 0.229 e. The number of hydrogen-bond donors (Lipinski definition) is 0. The number of aromatic nitrogens is 2. The molecule has 5 nitrogen and oxygen atoms in total. The Morgan fingerprint density at radius 2 is 2.38 bits per heavy atom. The van der Waals surface area contributed by atoms with Crippen molar-refractivity contribution in [2.24, 2.45) is 0 Å². The molecule has 0 bridgehead atoms. The second-order valence-corrected chi connectivity index (χ2v) is 7.72. The summed E-state index contributed by atoms with van der Waals surface area (Å²) in [6, 6.07) is 6.00. The zero-order valence-corrected chi connectivity index (χ0v) is 14.9. The van der Waals surface area contributed by atoms with E-state index in [0.29, 0.717) is 6.42 Å². The Kier molecular flexibility index (Phi) is 4.20. The molecule has 0 spiro atoms. The summed E-state index contributed by atoms with van der Waals surface area (Å²) < 4.78 is 5.38.